The number of fused-ring (bicyclic) bond motifs is 1. The number of carbonyl (C=O) groups excluding carboxylic acids is 1. The number of nitrogens with zero attached hydrogens (tertiary/aromatic N) is 3. The van der Waals surface area contributed by atoms with Crippen LogP contribution in [0.3, 0.4) is 0 Å². The lowest BCUT2D eigenvalue weighted by atomic mass is 10.2. The normalized spacial score (nSPS) is 15.4. The zero-order valence-electron chi connectivity index (χ0n) is 15.9. The highest BCUT2D eigenvalue weighted by Gasteiger charge is 2.27. The first kappa shape index (κ1) is 21.1. The van der Waals surface area contributed by atoms with E-state index in [2.05, 4.69) is 10.3 Å². The minimum absolute atomic E-state index is 0.0470. The van der Waals surface area contributed by atoms with Crippen LogP contribution in [-0.2, 0) is 14.8 Å². The summed E-state index contributed by atoms with van der Waals surface area (Å²) in [7, 11) is -3.73. The predicted octanol–water partition coefficient (Wildman–Crippen LogP) is 3.22. The molecule has 1 fully saturated rings. The van der Waals surface area contributed by atoms with E-state index in [4.69, 9.17) is 27.9 Å². The van der Waals surface area contributed by atoms with Gasteiger partial charge in [-0.2, -0.15) is 4.31 Å². The molecule has 1 aliphatic rings. The summed E-state index contributed by atoms with van der Waals surface area (Å²) in [6.45, 7) is 2.94. The maximum absolute atomic E-state index is 13.0. The molecular weight excluding hydrogens is 451 g/mol. The number of aryl methyl sites for hydroxylation is 1. The molecule has 0 aliphatic carbocycles. The number of aromatic nitrogens is 2. The SMILES string of the molecule is Cc1nc2cc(Cl)ccn2c1C(=O)Nc1cc(S(=O)(=O)N2CCOCC2)ccc1Cl. The molecule has 0 unspecified atom stereocenters. The highest BCUT2D eigenvalue weighted by atomic mass is 35.5. The number of nitrogens with one attached hydrogen (secondary N) is 1. The van der Waals surface area contributed by atoms with Crippen LogP contribution in [0.15, 0.2) is 41.4 Å². The number of halogens is 2. The fourth-order valence-corrected chi connectivity index (χ4v) is 5.04. The van der Waals surface area contributed by atoms with Crippen LogP contribution >= 0.6 is 23.2 Å². The van der Waals surface area contributed by atoms with E-state index in [1.165, 1.54) is 22.5 Å². The zero-order valence-corrected chi connectivity index (χ0v) is 18.3. The van der Waals surface area contributed by atoms with E-state index in [1.54, 1.807) is 29.7 Å². The maximum atomic E-state index is 13.0. The molecule has 0 radical (unpaired) electrons. The first-order valence-electron chi connectivity index (χ1n) is 9.10. The van der Waals surface area contributed by atoms with E-state index >= 15 is 0 Å². The van der Waals surface area contributed by atoms with Crippen molar-refractivity contribution in [3.8, 4) is 0 Å². The lowest BCUT2D eigenvalue weighted by Gasteiger charge is -2.26. The Balaban J connectivity index is 1.66. The summed E-state index contributed by atoms with van der Waals surface area (Å²) in [6.07, 6.45) is 1.65. The number of amides is 1. The van der Waals surface area contributed by atoms with Crippen molar-refractivity contribution >= 4 is 50.5 Å². The van der Waals surface area contributed by atoms with Crippen LogP contribution in [0.5, 0.6) is 0 Å². The molecular formula is C19H18Cl2N4O4S. The zero-order chi connectivity index (χ0) is 21.5. The quantitative estimate of drug-likeness (QED) is 0.634. The number of hydrogen-bond donors (Lipinski definition) is 1. The van der Waals surface area contributed by atoms with E-state index in [-0.39, 0.29) is 28.7 Å². The van der Waals surface area contributed by atoms with Gasteiger partial charge in [0.05, 0.1) is 34.5 Å². The van der Waals surface area contributed by atoms with Gasteiger partial charge in [0, 0.05) is 30.4 Å². The molecule has 30 heavy (non-hydrogen) atoms. The molecule has 8 nitrogen and oxygen atoms in total. The van der Waals surface area contributed by atoms with E-state index in [0.717, 1.165) is 0 Å². The molecule has 3 heterocycles. The van der Waals surface area contributed by atoms with Gasteiger partial charge in [-0.3, -0.25) is 9.20 Å². The Labute approximate surface area is 183 Å². The summed E-state index contributed by atoms with van der Waals surface area (Å²) in [5.41, 5.74) is 1.53. The van der Waals surface area contributed by atoms with Crippen molar-refractivity contribution in [1.29, 1.82) is 0 Å². The topological polar surface area (TPSA) is 93.0 Å². The minimum Gasteiger partial charge on any atom is -0.379 e. The Morgan fingerprint density at radius 2 is 1.90 bits per heavy atom. The summed E-state index contributed by atoms with van der Waals surface area (Å²) in [6, 6.07) is 7.53. The summed E-state index contributed by atoms with van der Waals surface area (Å²) in [5.74, 6) is -0.467. The Kier molecular flexibility index (Phi) is 5.73. The minimum atomic E-state index is -3.73. The molecule has 1 N–H and O–H groups in total. The van der Waals surface area contributed by atoms with Crippen molar-refractivity contribution in [3.05, 3.63) is 58.0 Å². The second kappa shape index (κ2) is 8.16. The molecule has 1 aliphatic heterocycles. The number of hydrogen-bond acceptors (Lipinski definition) is 5. The first-order valence-corrected chi connectivity index (χ1v) is 11.3. The molecule has 11 heteroatoms. The number of imidazole rings is 1. The van der Waals surface area contributed by atoms with Gasteiger partial charge in [-0.1, -0.05) is 23.2 Å². The first-order chi connectivity index (χ1) is 14.3. The van der Waals surface area contributed by atoms with E-state index in [1.807, 2.05) is 0 Å². The Bertz CT molecular complexity index is 1240. The van der Waals surface area contributed by atoms with Crippen molar-refractivity contribution in [2.45, 2.75) is 11.8 Å². The average molecular weight is 469 g/mol. The van der Waals surface area contributed by atoms with E-state index in [0.29, 0.717) is 35.3 Å². The average Bonchev–Trinajstić information content (AvgIpc) is 3.05. The summed E-state index contributed by atoms with van der Waals surface area (Å²) < 4.78 is 34.0. The van der Waals surface area contributed by atoms with Gasteiger partial charge in [0.25, 0.3) is 5.91 Å². The maximum Gasteiger partial charge on any atom is 0.274 e. The molecule has 0 bridgehead atoms. The van der Waals surface area contributed by atoms with Gasteiger partial charge < -0.3 is 10.1 Å². The summed E-state index contributed by atoms with van der Waals surface area (Å²) in [4.78, 5) is 17.4. The summed E-state index contributed by atoms with van der Waals surface area (Å²) >= 11 is 12.2. The van der Waals surface area contributed by atoms with E-state index in [9.17, 15) is 13.2 Å². The van der Waals surface area contributed by atoms with Crippen LogP contribution in [-0.4, -0.2) is 54.3 Å². The Morgan fingerprint density at radius 3 is 2.63 bits per heavy atom. The molecule has 3 aromatic rings. The van der Waals surface area contributed by atoms with Crippen molar-refractivity contribution in [2.24, 2.45) is 0 Å². The molecule has 1 saturated heterocycles. The smallest absolute Gasteiger partial charge is 0.274 e. The lowest BCUT2D eigenvalue weighted by molar-refractivity contribution is 0.0730. The van der Waals surface area contributed by atoms with Crippen molar-refractivity contribution in [1.82, 2.24) is 13.7 Å². The molecule has 0 atom stereocenters. The number of rotatable bonds is 4. The lowest BCUT2D eigenvalue weighted by Crippen LogP contribution is -2.40. The van der Waals surface area contributed by atoms with Crippen LogP contribution in [0.25, 0.3) is 5.65 Å². The third-order valence-electron chi connectivity index (χ3n) is 4.77. The molecule has 2 aromatic heterocycles. The molecule has 158 valence electrons. The van der Waals surface area contributed by atoms with Gasteiger partial charge in [0.2, 0.25) is 10.0 Å². The van der Waals surface area contributed by atoms with Crippen LogP contribution < -0.4 is 5.32 Å². The number of benzene rings is 1. The van der Waals surface area contributed by atoms with E-state index < -0.39 is 15.9 Å². The number of carbonyl (C=O) groups is 1. The standard InChI is InChI=1S/C19H18Cl2N4O4S/c1-12-18(25-5-4-13(20)10-17(25)22-12)19(26)23-16-11-14(2-3-15(16)21)30(27,28)24-6-8-29-9-7-24/h2-5,10-11H,6-9H2,1H3,(H,23,26). The predicted molar refractivity (Wildman–Crippen MR) is 114 cm³/mol. The Hall–Kier alpha value is -2.17. The number of ether oxygens (including phenoxy) is 1. The second-order valence-electron chi connectivity index (χ2n) is 6.73. The van der Waals surface area contributed by atoms with Crippen LogP contribution in [0.2, 0.25) is 10.0 Å². The highest BCUT2D eigenvalue weighted by molar-refractivity contribution is 7.89. The number of morpholine rings is 1. The molecule has 0 spiro atoms. The van der Waals surface area contributed by atoms with Gasteiger partial charge in [0.15, 0.2) is 0 Å². The van der Waals surface area contributed by atoms with Gasteiger partial charge in [-0.15, -0.1) is 0 Å². The van der Waals surface area contributed by atoms with Crippen molar-refractivity contribution in [2.75, 3.05) is 31.6 Å². The fraction of sp³-hybridized carbons (Fsp3) is 0.263. The molecule has 1 aromatic carbocycles. The monoisotopic (exact) mass is 468 g/mol. The van der Waals surface area contributed by atoms with Gasteiger partial charge in [0.1, 0.15) is 11.3 Å². The van der Waals surface area contributed by atoms with Crippen molar-refractivity contribution in [3.63, 3.8) is 0 Å². The van der Waals surface area contributed by atoms with Gasteiger partial charge in [-0.05, 0) is 31.2 Å². The van der Waals surface area contributed by atoms with Crippen molar-refractivity contribution < 1.29 is 17.9 Å². The largest absolute Gasteiger partial charge is 0.379 e. The van der Waals surface area contributed by atoms with Crippen LogP contribution in [0.4, 0.5) is 5.69 Å². The summed E-state index contributed by atoms with van der Waals surface area (Å²) in [5, 5.41) is 3.43. The third-order valence-corrected chi connectivity index (χ3v) is 7.23. The number of anilines is 1. The Morgan fingerprint density at radius 1 is 1.17 bits per heavy atom. The van der Waals surface area contributed by atoms with Gasteiger partial charge >= 0.3 is 0 Å². The molecule has 1 amide bonds. The fourth-order valence-electron chi connectivity index (χ4n) is 3.29. The number of pyridine rings is 1. The second-order valence-corrected chi connectivity index (χ2v) is 9.51. The molecule has 4 rings (SSSR count). The van der Waals surface area contributed by atoms with Crippen LogP contribution in [0, 0.1) is 6.92 Å². The van der Waals surface area contributed by atoms with Crippen LogP contribution in [0.1, 0.15) is 16.2 Å². The van der Waals surface area contributed by atoms with Gasteiger partial charge in [-0.25, -0.2) is 13.4 Å². The number of sulfonamides is 1. The third kappa shape index (κ3) is 3.91. The highest BCUT2D eigenvalue weighted by Crippen LogP contribution is 2.28. The molecule has 0 saturated carbocycles.